The summed E-state index contributed by atoms with van der Waals surface area (Å²) >= 11 is 1.70. The first-order valence-electron chi connectivity index (χ1n) is 11.1. The molecule has 4 aromatic rings. The number of aromatic nitrogens is 1. The summed E-state index contributed by atoms with van der Waals surface area (Å²) in [7, 11) is 0. The van der Waals surface area contributed by atoms with Crippen LogP contribution in [0.1, 0.15) is 28.8 Å². The first-order valence-corrected chi connectivity index (χ1v) is 11.9. The van der Waals surface area contributed by atoms with Crippen molar-refractivity contribution in [2.45, 2.75) is 33.6 Å². The van der Waals surface area contributed by atoms with Gasteiger partial charge in [0.05, 0.1) is 12.3 Å². The van der Waals surface area contributed by atoms with E-state index in [1.165, 1.54) is 4.88 Å². The average Bonchev–Trinajstić information content (AvgIpc) is 3.21. The molecule has 0 aliphatic carbocycles. The topological polar surface area (TPSA) is 51.2 Å². The summed E-state index contributed by atoms with van der Waals surface area (Å²) in [6.07, 6.45) is 1.08. The minimum atomic E-state index is -0.0101. The van der Waals surface area contributed by atoms with Gasteiger partial charge in [-0.2, -0.15) is 0 Å². The molecule has 1 N–H and O–H groups in total. The second-order valence-corrected chi connectivity index (χ2v) is 9.29. The minimum absolute atomic E-state index is 0.0101. The smallest absolute Gasteiger partial charge is 0.224 e. The van der Waals surface area contributed by atoms with Crippen molar-refractivity contribution in [2.75, 3.05) is 11.9 Å². The van der Waals surface area contributed by atoms with Crippen molar-refractivity contribution in [2.24, 2.45) is 0 Å². The number of nitrogens with one attached hydrogen (secondary N) is 1. The largest absolute Gasteiger partial charge is 0.493 e. The summed E-state index contributed by atoms with van der Waals surface area (Å²) in [6.45, 7) is 6.68. The maximum Gasteiger partial charge on any atom is 0.224 e. The van der Waals surface area contributed by atoms with Gasteiger partial charge in [-0.05, 0) is 50.5 Å². The maximum atomic E-state index is 12.3. The fourth-order valence-electron chi connectivity index (χ4n) is 3.74. The van der Waals surface area contributed by atoms with E-state index in [-0.39, 0.29) is 5.91 Å². The van der Waals surface area contributed by atoms with E-state index in [4.69, 9.17) is 9.72 Å². The van der Waals surface area contributed by atoms with E-state index >= 15 is 0 Å². The molecule has 0 fully saturated rings. The van der Waals surface area contributed by atoms with E-state index in [9.17, 15) is 4.79 Å². The van der Waals surface area contributed by atoms with Crippen molar-refractivity contribution in [3.63, 3.8) is 0 Å². The number of aryl methyl sites for hydroxylation is 3. The molecule has 0 saturated heterocycles. The summed E-state index contributed by atoms with van der Waals surface area (Å²) < 4.78 is 5.89. The Bertz CT molecular complexity index is 1210. The van der Waals surface area contributed by atoms with Crippen LogP contribution in [0.3, 0.4) is 0 Å². The number of thiazole rings is 1. The molecule has 0 atom stereocenters. The van der Waals surface area contributed by atoms with E-state index in [1.54, 1.807) is 11.3 Å². The lowest BCUT2D eigenvalue weighted by atomic mass is 10.1. The Morgan fingerprint density at radius 3 is 2.27 bits per heavy atom. The predicted molar refractivity (Wildman–Crippen MR) is 137 cm³/mol. The van der Waals surface area contributed by atoms with Crippen molar-refractivity contribution < 1.29 is 9.53 Å². The molecule has 1 amide bonds. The van der Waals surface area contributed by atoms with Gasteiger partial charge in [0, 0.05) is 28.1 Å². The van der Waals surface area contributed by atoms with Crippen LogP contribution in [0.25, 0.3) is 21.8 Å². The van der Waals surface area contributed by atoms with Gasteiger partial charge in [0.2, 0.25) is 5.91 Å². The number of para-hydroxylation sites is 1. The standard InChI is InChI=1S/C28H28N2O2S/c1-19-9-7-10-20(2)27(19)32-18-8-13-25(31)29-24-16-14-22(15-17-24)26-21(3)33-28(30-26)23-11-5-4-6-12-23/h4-7,9-12,14-17H,8,13,18H2,1-3H3,(H,29,31). The van der Waals surface area contributed by atoms with Crippen molar-refractivity contribution in [1.82, 2.24) is 4.98 Å². The van der Waals surface area contributed by atoms with Gasteiger partial charge in [-0.15, -0.1) is 11.3 Å². The zero-order valence-corrected chi connectivity index (χ0v) is 20.0. The number of rotatable bonds is 8. The second kappa shape index (κ2) is 10.5. The van der Waals surface area contributed by atoms with Crippen LogP contribution in [-0.4, -0.2) is 17.5 Å². The highest BCUT2D eigenvalue weighted by molar-refractivity contribution is 7.15. The van der Waals surface area contributed by atoms with Crippen molar-refractivity contribution >= 4 is 22.9 Å². The third kappa shape index (κ3) is 5.68. The molecule has 0 unspecified atom stereocenters. The first kappa shape index (κ1) is 22.7. The Morgan fingerprint density at radius 2 is 1.58 bits per heavy atom. The molecule has 0 radical (unpaired) electrons. The van der Waals surface area contributed by atoms with Crippen LogP contribution in [0.5, 0.6) is 5.75 Å². The Hall–Kier alpha value is -3.44. The summed E-state index contributed by atoms with van der Waals surface area (Å²) in [5, 5.41) is 3.99. The van der Waals surface area contributed by atoms with Crippen molar-refractivity contribution in [1.29, 1.82) is 0 Å². The monoisotopic (exact) mass is 456 g/mol. The molecule has 0 spiro atoms. The number of hydrogen-bond acceptors (Lipinski definition) is 4. The quantitative estimate of drug-likeness (QED) is 0.285. The van der Waals surface area contributed by atoms with E-state index in [2.05, 4.69) is 24.4 Å². The number of ether oxygens (including phenoxy) is 1. The molecule has 5 heteroatoms. The molecule has 0 aliphatic rings. The van der Waals surface area contributed by atoms with Crippen LogP contribution in [0.2, 0.25) is 0 Å². The average molecular weight is 457 g/mol. The number of benzene rings is 3. The van der Waals surface area contributed by atoms with Gasteiger partial charge in [-0.1, -0.05) is 60.7 Å². The molecule has 1 heterocycles. The number of amides is 1. The van der Waals surface area contributed by atoms with Gasteiger partial charge in [-0.25, -0.2) is 4.98 Å². The molecule has 4 rings (SSSR count). The Balaban J connectivity index is 1.31. The molecule has 4 nitrogen and oxygen atoms in total. The molecule has 0 aliphatic heterocycles. The van der Waals surface area contributed by atoms with Gasteiger partial charge in [0.15, 0.2) is 0 Å². The Morgan fingerprint density at radius 1 is 0.879 bits per heavy atom. The zero-order chi connectivity index (χ0) is 23.2. The van der Waals surface area contributed by atoms with Crippen LogP contribution < -0.4 is 10.1 Å². The number of nitrogens with zero attached hydrogens (tertiary/aromatic N) is 1. The lowest BCUT2D eigenvalue weighted by Crippen LogP contribution is -2.13. The normalized spacial score (nSPS) is 10.8. The molecule has 168 valence electrons. The van der Waals surface area contributed by atoms with Crippen LogP contribution in [-0.2, 0) is 4.79 Å². The molecular weight excluding hydrogens is 428 g/mol. The summed E-state index contributed by atoms with van der Waals surface area (Å²) in [5.41, 5.74) is 6.18. The lowest BCUT2D eigenvalue weighted by Gasteiger charge is -2.12. The van der Waals surface area contributed by atoms with Crippen LogP contribution in [0, 0.1) is 20.8 Å². The van der Waals surface area contributed by atoms with Gasteiger partial charge in [0.25, 0.3) is 0 Å². The third-order valence-corrected chi connectivity index (χ3v) is 6.48. The fourth-order valence-corrected chi connectivity index (χ4v) is 4.68. The first-order chi connectivity index (χ1) is 16.0. The molecule has 0 saturated carbocycles. The lowest BCUT2D eigenvalue weighted by molar-refractivity contribution is -0.116. The van der Waals surface area contributed by atoms with Gasteiger partial charge < -0.3 is 10.1 Å². The summed E-state index contributed by atoms with van der Waals surface area (Å²) in [6, 6.07) is 24.2. The maximum absolute atomic E-state index is 12.3. The zero-order valence-electron chi connectivity index (χ0n) is 19.2. The Labute approximate surface area is 199 Å². The highest BCUT2D eigenvalue weighted by Gasteiger charge is 2.12. The van der Waals surface area contributed by atoms with Gasteiger partial charge in [-0.3, -0.25) is 4.79 Å². The summed E-state index contributed by atoms with van der Waals surface area (Å²) in [5.74, 6) is 0.908. The van der Waals surface area contributed by atoms with Crippen LogP contribution in [0.15, 0.2) is 72.8 Å². The number of anilines is 1. The van der Waals surface area contributed by atoms with Gasteiger partial charge >= 0.3 is 0 Å². The predicted octanol–water partition coefficient (Wildman–Crippen LogP) is 7.20. The highest BCUT2D eigenvalue weighted by Crippen LogP contribution is 2.33. The molecule has 3 aromatic carbocycles. The van der Waals surface area contributed by atoms with Crippen molar-refractivity contribution in [3.05, 3.63) is 88.8 Å². The third-order valence-electron chi connectivity index (χ3n) is 5.46. The molecular formula is C28H28N2O2S. The highest BCUT2D eigenvalue weighted by atomic mass is 32.1. The fraction of sp³-hybridized carbons (Fsp3) is 0.214. The molecule has 1 aromatic heterocycles. The summed E-state index contributed by atoms with van der Waals surface area (Å²) in [4.78, 5) is 18.4. The van der Waals surface area contributed by atoms with Crippen LogP contribution >= 0.6 is 11.3 Å². The van der Waals surface area contributed by atoms with Crippen LogP contribution in [0.4, 0.5) is 5.69 Å². The molecule has 33 heavy (non-hydrogen) atoms. The van der Waals surface area contributed by atoms with E-state index in [1.807, 2.05) is 74.5 Å². The Kier molecular flexibility index (Phi) is 7.20. The van der Waals surface area contributed by atoms with Gasteiger partial charge in [0.1, 0.15) is 10.8 Å². The molecule has 0 bridgehead atoms. The minimum Gasteiger partial charge on any atom is -0.493 e. The van der Waals surface area contributed by atoms with E-state index < -0.39 is 0 Å². The number of hydrogen-bond donors (Lipinski definition) is 1. The number of carbonyl (C=O) groups is 1. The SMILES string of the molecule is Cc1cccc(C)c1OCCCC(=O)Nc1ccc(-c2nc(-c3ccccc3)sc2C)cc1. The van der Waals surface area contributed by atoms with Crippen molar-refractivity contribution in [3.8, 4) is 27.6 Å². The van der Waals surface area contributed by atoms with E-state index in [0.717, 1.165) is 44.4 Å². The number of carbonyl (C=O) groups excluding carboxylic acids is 1. The van der Waals surface area contributed by atoms with E-state index in [0.29, 0.717) is 19.4 Å². The second-order valence-electron chi connectivity index (χ2n) is 8.09.